The van der Waals surface area contributed by atoms with E-state index in [0.717, 1.165) is 12.1 Å². The van der Waals surface area contributed by atoms with Crippen molar-refractivity contribution in [3.05, 3.63) is 59.9 Å². The van der Waals surface area contributed by atoms with Gasteiger partial charge in [0.15, 0.2) is 17.3 Å². The van der Waals surface area contributed by atoms with Crippen LogP contribution in [-0.2, 0) is 5.41 Å². The van der Waals surface area contributed by atoms with Gasteiger partial charge in [0.2, 0.25) is 0 Å². The third kappa shape index (κ3) is 5.42. The topological polar surface area (TPSA) is 78.3 Å². The molecule has 2 aromatic heterocycles. The van der Waals surface area contributed by atoms with E-state index in [-0.39, 0.29) is 11.3 Å². The molecule has 3 aromatic rings. The molecular formula is C24H30N4O3. The highest BCUT2D eigenvalue weighted by molar-refractivity contribution is 6.04. The Morgan fingerprint density at radius 3 is 2.52 bits per heavy atom. The summed E-state index contributed by atoms with van der Waals surface area (Å²) in [6.45, 7) is 11.2. The summed E-state index contributed by atoms with van der Waals surface area (Å²) >= 11 is 0. The van der Waals surface area contributed by atoms with Crippen molar-refractivity contribution in [2.24, 2.45) is 0 Å². The van der Waals surface area contributed by atoms with Gasteiger partial charge in [0, 0.05) is 23.2 Å². The molecule has 0 saturated carbocycles. The number of amides is 1. The van der Waals surface area contributed by atoms with Crippen molar-refractivity contribution in [2.45, 2.75) is 46.5 Å². The summed E-state index contributed by atoms with van der Waals surface area (Å²) in [6, 6.07) is 12.7. The van der Waals surface area contributed by atoms with Crippen LogP contribution in [0.2, 0.25) is 0 Å². The zero-order valence-electron chi connectivity index (χ0n) is 18.8. The molecule has 0 saturated heterocycles. The second-order valence-electron chi connectivity index (χ2n) is 8.16. The summed E-state index contributed by atoms with van der Waals surface area (Å²) < 4.78 is 13.1. The van der Waals surface area contributed by atoms with Crippen molar-refractivity contribution in [1.82, 2.24) is 14.8 Å². The van der Waals surface area contributed by atoms with E-state index >= 15 is 0 Å². The summed E-state index contributed by atoms with van der Waals surface area (Å²) in [4.78, 5) is 17.4. The maximum absolute atomic E-state index is 13.1. The Balaban J connectivity index is 1.92. The first-order valence-electron chi connectivity index (χ1n) is 10.6. The van der Waals surface area contributed by atoms with Gasteiger partial charge in [-0.3, -0.25) is 4.79 Å². The number of carbonyl (C=O) groups is 1. The summed E-state index contributed by atoms with van der Waals surface area (Å²) in [5.74, 6) is 2.11. The maximum atomic E-state index is 13.1. The first-order valence-corrected chi connectivity index (χ1v) is 10.6. The molecule has 0 atom stereocenters. The summed E-state index contributed by atoms with van der Waals surface area (Å²) in [5.41, 5.74) is 1.14. The molecule has 2 heterocycles. The van der Waals surface area contributed by atoms with Crippen molar-refractivity contribution >= 4 is 11.7 Å². The first-order chi connectivity index (χ1) is 14.8. The van der Waals surface area contributed by atoms with Crippen molar-refractivity contribution in [2.75, 3.05) is 18.5 Å². The molecule has 1 amide bonds. The fraction of sp³-hybridized carbons (Fsp3) is 0.375. The van der Waals surface area contributed by atoms with E-state index in [4.69, 9.17) is 9.47 Å². The van der Waals surface area contributed by atoms with Gasteiger partial charge in [0.25, 0.3) is 5.91 Å². The number of hydrogen-bond donors (Lipinski definition) is 1. The molecule has 0 aliphatic rings. The van der Waals surface area contributed by atoms with Crippen molar-refractivity contribution in [3.8, 4) is 17.3 Å². The number of ether oxygens (including phenoxy) is 2. The largest absolute Gasteiger partial charge is 0.490 e. The fourth-order valence-corrected chi connectivity index (χ4v) is 2.93. The summed E-state index contributed by atoms with van der Waals surface area (Å²) in [7, 11) is 0. The van der Waals surface area contributed by atoms with Gasteiger partial charge in [-0.1, -0.05) is 33.8 Å². The minimum Gasteiger partial charge on any atom is -0.490 e. The van der Waals surface area contributed by atoms with Crippen LogP contribution in [0.5, 0.6) is 11.5 Å². The van der Waals surface area contributed by atoms with Crippen LogP contribution in [0.3, 0.4) is 0 Å². The molecule has 0 unspecified atom stereocenters. The number of nitrogens with zero attached hydrogens (tertiary/aromatic N) is 3. The highest BCUT2D eigenvalue weighted by Crippen LogP contribution is 2.30. The van der Waals surface area contributed by atoms with Crippen LogP contribution in [0.15, 0.2) is 48.7 Å². The smallest absolute Gasteiger partial charge is 0.256 e. The minimum absolute atomic E-state index is 0.181. The monoisotopic (exact) mass is 422 g/mol. The molecule has 164 valence electrons. The second kappa shape index (κ2) is 9.64. The number of pyridine rings is 1. The van der Waals surface area contributed by atoms with E-state index in [1.807, 2.05) is 38.1 Å². The lowest BCUT2D eigenvalue weighted by molar-refractivity contribution is 0.102. The van der Waals surface area contributed by atoms with Crippen LogP contribution in [0, 0.1) is 0 Å². The number of hydrogen-bond acceptors (Lipinski definition) is 5. The number of carbonyl (C=O) groups excluding carboxylic acids is 1. The van der Waals surface area contributed by atoms with Crippen molar-refractivity contribution in [1.29, 1.82) is 0 Å². The molecule has 0 aliphatic carbocycles. The van der Waals surface area contributed by atoms with Gasteiger partial charge >= 0.3 is 0 Å². The quantitative estimate of drug-likeness (QED) is 0.552. The zero-order valence-corrected chi connectivity index (χ0v) is 18.8. The Kier molecular flexibility index (Phi) is 6.95. The molecule has 0 fully saturated rings. The highest BCUT2D eigenvalue weighted by atomic mass is 16.5. The summed E-state index contributed by atoms with van der Waals surface area (Å²) in [5, 5.41) is 7.66. The van der Waals surface area contributed by atoms with Crippen LogP contribution < -0.4 is 14.8 Å². The predicted octanol–water partition coefficient (Wildman–Crippen LogP) is 5.00. The average molecular weight is 423 g/mol. The number of anilines is 1. The molecule has 1 aromatic carbocycles. The third-order valence-electron chi connectivity index (χ3n) is 4.55. The third-order valence-corrected chi connectivity index (χ3v) is 4.55. The standard InChI is InChI=1S/C24H30N4O3/c1-6-14-31-18-12-11-17(15-19(18)30-7-2)23(29)26-22-16-20(24(3,4)5)27-28(22)21-10-8-9-13-25-21/h8-13,15-16H,6-7,14H2,1-5H3,(H,26,29). The van der Waals surface area contributed by atoms with Gasteiger partial charge in [-0.15, -0.1) is 0 Å². The van der Waals surface area contributed by atoms with Gasteiger partial charge in [0.1, 0.15) is 5.82 Å². The first kappa shape index (κ1) is 22.3. The Hall–Kier alpha value is -3.35. The lowest BCUT2D eigenvalue weighted by Gasteiger charge is -2.13. The second-order valence-corrected chi connectivity index (χ2v) is 8.16. The van der Waals surface area contributed by atoms with Crippen LogP contribution in [-0.4, -0.2) is 33.9 Å². The summed E-state index contributed by atoms with van der Waals surface area (Å²) in [6.07, 6.45) is 2.59. The molecule has 0 aliphatic heterocycles. The SMILES string of the molecule is CCCOc1ccc(C(=O)Nc2cc(C(C)(C)C)nn2-c2ccccn2)cc1OCC. The molecular weight excluding hydrogens is 392 g/mol. The van der Waals surface area contributed by atoms with Crippen molar-refractivity contribution < 1.29 is 14.3 Å². The van der Waals surface area contributed by atoms with E-state index in [1.165, 1.54) is 0 Å². The number of benzene rings is 1. The Labute approximate surface area is 183 Å². The molecule has 0 spiro atoms. The van der Waals surface area contributed by atoms with Crippen LogP contribution >= 0.6 is 0 Å². The lowest BCUT2D eigenvalue weighted by Crippen LogP contribution is -2.16. The predicted molar refractivity (Wildman–Crippen MR) is 121 cm³/mol. The minimum atomic E-state index is -0.263. The van der Waals surface area contributed by atoms with Gasteiger partial charge in [-0.05, 0) is 43.7 Å². The number of nitrogens with one attached hydrogen (secondary N) is 1. The Bertz CT molecular complexity index is 1020. The molecule has 31 heavy (non-hydrogen) atoms. The number of rotatable bonds is 8. The van der Waals surface area contributed by atoms with Gasteiger partial charge in [-0.2, -0.15) is 9.78 Å². The Morgan fingerprint density at radius 1 is 1.06 bits per heavy atom. The fourth-order valence-electron chi connectivity index (χ4n) is 2.93. The normalized spacial score (nSPS) is 11.3. The van der Waals surface area contributed by atoms with E-state index in [1.54, 1.807) is 29.1 Å². The molecule has 1 N–H and O–H groups in total. The molecule has 7 heteroatoms. The van der Waals surface area contributed by atoms with E-state index < -0.39 is 0 Å². The highest BCUT2D eigenvalue weighted by Gasteiger charge is 2.22. The van der Waals surface area contributed by atoms with Crippen LogP contribution in [0.4, 0.5) is 5.82 Å². The van der Waals surface area contributed by atoms with Gasteiger partial charge in [-0.25, -0.2) is 4.98 Å². The molecule has 0 bridgehead atoms. The van der Waals surface area contributed by atoms with Crippen LogP contribution in [0.25, 0.3) is 5.82 Å². The molecule has 3 rings (SSSR count). The lowest BCUT2D eigenvalue weighted by atomic mass is 9.92. The van der Waals surface area contributed by atoms with E-state index in [0.29, 0.717) is 41.9 Å². The molecule has 0 radical (unpaired) electrons. The Morgan fingerprint density at radius 2 is 1.87 bits per heavy atom. The van der Waals surface area contributed by atoms with Crippen molar-refractivity contribution in [3.63, 3.8) is 0 Å². The molecule has 7 nitrogen and oxygen atoms in total. The van der Waals surface area contributed by atoms with Gasteiger partial charge < -0.3 is 14.8 Å². The van der Waals surface area contributed by atoms with E-state index in [2.05, 4.69) is 36.2 Å². The van der Waals surface area contributed by atoms with Crippen LogP contribution in [0.1, 0.15) is 57.1 Å². The maximum Gasteiger partial charge on any atom is 0.256 e. The average Bonchev–Trinajstić information content (AvgIpc) is 3.18. The van der Waals surface area contributed by atoms with Gasteiger partial charge in [0.05, 0.1) is 18.9 Å². The number of aromatic nitrogens is 3. The van der Waals surface area contributed by atoms with E-state index in [9.17, 15) is 4.79 Å². The zero-order chi connectivity index (χ0) is 22.4.